The summed E-state index contributed by atoms with van der Waals surface area (Å²) in [5.74, 6) is -0.811. The van der Waals surface area contributed by atoms with Crippen LogP contribution in [0.2, 0.25) is 0 Å². The van der Waals surface area contributed by atoms with E-state index in [2.05, 4.69) is 10.1 Å². The molecule has 1 rings (SSSR count). The predicted molar refractivity (Wildman–Crippen MR) is 57.4 cm³/mol. The Kier molecular flexibility index (Phi) is 3.72. The zero-order valence-electron chi connectivity index (χ0n) is 9.13. The van der Waals surface area contributed by atoms with Crippen molar-refractivity contribution in [3.05, 3.63) is 11.5 Å². The Hall–Kier alpha value is -0.920. The number of hydrogen-bond donors (Lipinski definition) is 2. The molecule has 2 unspecified atom stereocenters. The Labute approximate surface area is 94.2 Å². The highest BCUT2D eigenvalue weighted by Crippen LogP contribution is 2.10. The molecule has 2 atom stereocenters. The van der Waals surface area contributed by atoms with Crippen molar-refractivity contribution in [1.29, 1.82) is 0 Å². The van der Waals surface area contributed by atoms with Crippen molar-refractivity contribution in [3.63, 3.8) is 0 Å². The van der Waals surface area contributed by atoms with Gasteiger partial charge in [0.2, 0.25) is 0 Å². The van der Waals surface area contributed by atoms with Crippen LogP contribution in [-0.2, 0) is 19.4 Å². The highest BCUT2D eigenvalue weighted by Gasteiger charge is 2.32. The van der Waals surface area contributed by atoms with Crippen LogP contribution in [0.4, 0.5) is 0 Å². The Morgan fingerprint density at radius 3 is 2.75 bits per heavy atom. The first-order valence-electron chi connectivity index (χ1n) is 4.72. The second-order valence-electron chi connectivity index (χ2n) is 3.91. The second kappa shape index (κ2) is 4.52. The summed E-state index contributed by atoms with van der Waals surface area (Å²) >= 11 is 0. The third-order valence-electron chi connectivity index (χ3n) is 2.26. The van der Waals surface area contributed by atoms with Gasteiger partial charge in [0, 0.05) is 18.0 Å². The summed E-state index contributed by atoms with van der Waals surface area (Å²) in [6.07, 6.45) is 1.49. The number of methoxy groups -OCH3 is 1. The zero-order chi connectivity index (χ0) is 12.4. The topological polar surface area (TPSA) is 92.7 Å². The van der Waals surface area contributed by atoms with E-state index >= 15 is 0 Å². The molecular formula is C9H15NO5S. The van der Waals surface area contributed by atoms with Gasteiger partial charge in [0.15, 0.2) is 15.4 Å². The SMILES string of the molecule is COC(=O)C(C)(O)CNC1C=CS(=O)(=O)C1. The second-order valence-corrected chi connectivity index (χ2v) is 5.84. The van der Waals surface area contributed by atoms with E-state index < -0.39 is 21.4 Å². The molecule has 1 heterocycles. The van der Waals surface area contributed by atoms with Gasteiger partial charge in [0.25, 0.3) is 0 Å². The van der Waals surface area contributed by atoms with Gasteiger partial charge in [0.1, 0.15) is 0 Å². The lowest BCUT2D eigenvalue weighted by Crippen LogP contribution is -2.48. The minimum absolute atomic E-state index is 0.0513. The predicted octanol–water partition coefficient (Wildman–Crippen LogP) is -1.19. The Morgan fingerprint density at radius 2 is 2.31 bits per heavy atom. The molecule has 92 valence electrons. The number of carbonyl (C=O) groups excluding carboxylic acids is 1. The van der Waals surface area contributed by atoms with Crippen molar-refractivity contribution in [2.75, 3.05) is 19.4 Å². The Morgan fingerprint density at radius 1 is 1.69 bits per heavy atom. The highest BCUT2D eigenvalue weighted by molar-refractivity contribution is 7.94. The van der Waals surface area contributed by atoms with Gasteiger partial charge >= 0.3 is 5.97 Å². The molecule has 0 radical (unpaired) electrons. The first-order chi connectivity index (χ1) is 7.27. The maximum Gasteiger partial charge on any atom is 0.338 e. The lowest BCUT2D eigenvalue weighted by molar-refractivity contribution is -0.159. The summed E-state index contributed by atoms with van der Waals surface area (Å²) in [5.41, 5.74) is -1.66. The number of rotatable bonds is 4. The van der Waals surface area contributed by atoms with Gasteiger partial charge in [-0.25, -0.2) is 13.2 Å². The van der Waals surface area contributed by atoms with Gasteiger partial charge in [-0.15, -0.1) is 0 Å². The van der Waals surface area contributed by atoms with E-state index in [1.807, 2.05) is 0 Å². The van der Waals surface area contributed by atoms with Crippen molar-refractivity contribution in [2.45, 2.75) is 18.6 Å². The quantitative estimate of drug-likeness (QED) is 0.609. The molecule has 6 nitrogen and oxygen atoms in total. The van der Waals surface area contributed by atoms with Crippen LogP contribution in [0.1, 0.15) is 6.92 Å². The smallest absolute Gasteiger partial charge is 0.338 e. The molecule has 0 bridgehead atoms. The molecule has 1 aliphatic heterocycles. The van der Waals surface area contributed by atoms with Gasteiger partial charge in [-0.3, -0.25) is 0 Å². The maximum atomic E-state index is 11.1. The lowest BCUT2D eigenvalue weighted by atomic mass is 10.1. The van der Waals surface area contributed by atoms with E-state index in [4.69, 9.17) is 0 Å². The van der Waals surface area contributed by atoms with Crippen LogP contribution in [0.15, 0.2) is 11.5 Å². The van der Waals surface area contributed by atoms with Crippen LogP contribution >= 0.6 is 0 Å². The first-order valence-corrected chi connectivity index (χ1v) is 6.43. The maximum absolute atomic E-state index is 11.1. The van der Waals surface area contributed by atoms with Crippen LogP contribution in [-0.4, -0.2) is 50.5 Å². The standard InChI is InChI=1S/C9H15NO5S/c1-9(12,8(11)15-2)6-10-7-3-4-16(13,14)5-7/h3-4,7,10,12H,5-6H2,1-2H3. The molecule has 0 aliphatic carbocycles. The molecule has 0 fully saturated rings. The van der Waals surface area contributed by atoms with Gasteiger partial charge < -0.3 is 15.2 Å². The third-order valence-corrected chi connectivity index (χ3v) is 3.66. The summed E-state index contributed by atoms with van der Waals surface area (Å²) in [7, 11) is -1.95. The molecule has 0 aromatic rings. The number of sulfone groups is 1. The Balaban J connectivity index is 2.48. The number of hydrogen-bond acceptors (Lipinski definition) is 6. The summed E-state index contributed by atoms with van der Waals surface area (Å²) < 4.78 is 26.6. The van der Waals surface area contributed by atoms with Crippen molar-refractivity contribution in [1.82, 2.24) is 5.32 Å². The van der Waals surface area contributed by atoms with Gasteiger partial charge in [-0.2, -0.15) is 0 Å². The minimum atomic E-state index is -3.13. The fraction of sp³-hybridized carbons (Fsp3) is 0.667. The monoisotopic (exact) mass is 249 g/mol. The van der Waals surface area contributed by atoms with E-state index in [9.17, 15) is 18.3 Å². The molecule has 2 N–H and O–H groups in total. The van der Waals surface area contributed by atoms with Crippen LogP contribution in [0.5, 0.6) is 0 Å². The van der Waals surface area contributed by atoms with E-state index in [0.717, 1.165) is 5.41 Å². The molecule has 1 aliphatic rings. The molecule has 0 saturated heterocycles. The van der Waals surface area contributed by atoms with Crippen LogP contribution in [0, 0.1) is 0 Å². The fourth-order valence-electron chi connectivity index (χ4n) is 1.32. The number of ether oxygens (including phenoxy) is 1. The van der Waals surface area contributed by atoms with E-state index in [-0.39, 0.29) is 18.3 Å². The average Bonchev–Trinajstić information content (AvgIpc) is 2.54. The molecule has 0 aromatic carbocycles. The third kappa shape index (κ3) is 3.29. The van der Waals surface area contributed by atoms with Gasteiger partial charge in [0.05, 0.1) is 12.9 Å². The number of aliphatic hydroxyl groups is 1. The van der Waals surface area contributed by atoms with Crippen molar-refractivity contribution in [3.8, 4) is 0 Å². The summed E-state index contributed by atoms with van der Waals surface area (Å²) in [6.45, 7) is 1.24. The number of esters is 1. The zero-order valence-corrected chi connectivity index (χ0v) is 9.95. The molecule has 0 saturated carbocycles. The summed E-state index contributed by atoms with van der Waals surface area (Å²) in [6, 6.07) is -0.374. The Bertz CT molecular complexity index is 398. The van der Waals surface area contributed by atoms with Crippen LogP contribution in [0.3, 0.4) is 0 Å². The molecule has 0 amide bonds. The first kappa shape index (κ1) is 13.1. The van der Waals surface area contributed by atoms with Crippen molar-refractivity contribution >= 4 is 15.8 Å². The fourth-order valence-corrected chi connectivity index (χ4v) is 2.59. The lowest BCUT2D eigenvalue weighted by Gasteiger charge is -2.22. The molecule has 0 spiro atoms. The molecule has 7 heteroatoms. The summed E-state index contributed by atoms with van der Waals surface area (Å²) in [5, 5.41) is 13.6. The van der Waals surface area contributed by atoms with Crippen molar-refractivity contribution in [2.24, 2.45) is 0 Å². The minimum Gasteiger partial charge on any atom is -0.467 e. The van der Waals surface area contributed by atoms with Crippen molar-refractivity contribution < 1.29 is 23.1 Å². The van der Waals surface area contributed by atoms with Crippen LogP contribution in [0.25, 0.3) is 0 Å². The average molecular weight is 249 g/mol. The number of carbonyl (C=O) groups is 1. The largest absolute Gasteiger partial charge is 0.467 e. The van der Waals surface area contributed by atoms with Gasteiger partial charge in [-0.05, 0) is 6.92 Å². The number of nitrogens with one attached hydrogen (secondary N) is 1. The van der Waals surface area contributed by atoms with E-state index in [1.54, 1.807) is 0 Å². The van der Waals surface area contributed by atoms with E-state index in [0.29, 0.717) is 0 Å². The highest BCUT2D eigenvalue weighted by atomic mass is 32.2. The normalized spacial score (nSPS) is 26.3. The molecule has 0 aromatic heterocycles. The van der Waals surface area contributed by atoms with Crippen LogP contribution < -0.4 is 5.32 Å². The molecular weight excluding hydrogens is 234 g/mol. The summed E-state index contributed by atoms with van der Waals surface area (Å²) in [4.78, 5) is 11.1. The van der Waals surface area contributed by atoms with Gasteiger partial charge in [-0.1, -0.05) is 6.08 Å². The molecule has 16 heavy (non-hydrogen) atoms. The van der Waals surface area contributed by atoms with E-state index in [1.165, 1.54) is 20.1 Å².